The lowest BCUT2D eigenvalue weighted by Crippen LogP contribution is -2.55. The molecule has 0 bridgehead atoms. The molecule has 8 heteroatoms. The van der Waals surface area contributed by atoms with Gasteiger partial charge in [0, 0.05) is 18.8 Å². The smallest absolute Gasteiger partial charge is 0.246 e. The SMILES string of the molecule is CNC(C)C(=O)N[C@H](C(=O)N1CCC[C@H]1c1cc(-n2ccc3ccccc32)ncn1)C1CCCCC1. The molecule has 3 atom stereocenters. The van der Waals surface area contributed by atoms with E-state index in [1.54, 1.807) is 13.4 Å². The van der Waals surface area contributed by atoms with Gasteiger partial charge in [-0.1, -0.05) is 37.5 Å². The molecule has 1 unspecified atom stereocenters. The number of nitrogens with one attached hydrogen (secondary N) is 2. The van der Waals surface area contributed by atoms with Gasteiger partial charge in [0.1, 0.15) is 18.2 Å². The van der Waals surface area contributed by atoms with E-state index >= 15 is 0 Å². The number of carbonyl (C=O) groups is 2. The van der Waals surface area contributed by atoms with Gasteiger partial charge in [-0.15, -0.1) is 0 Å². The van der Waals surface area contributed by atoms with Crippen LogP contribution in [0.25, 0.3) is 16.7 Å². The first-order chi connectivity index (χ1) is 17.6. The van der Waals surface area contributed by atoms with E-state index in [0.717, 1.165) is 60.9 Å². The van der Waals surface area contributed by atoms with E-state index in [9.17, 15) is 9.59 Å². The number of aromatic nitrogens is 3. The van der Waals surface area contributed by atoms with Gasteiger partial charge < -0.3 is 20.1 Å². The van der Waals surface area contributed by atoms with E-state index < -0.39 is 6.04 Å². The quantitative estimate of drug-likeness (QED) is 0.528. The number of para-hydroxylation sites is 1. The Labute approximate surface area is 212 Å². The summed E-state index contributed by atoms with van der Waals surface area (Å²) in [5.41, 5.74) is 1.93. The number of hydrogen-bond acceptors (Lipinski definition) is 5. The minimum Gasteiger partial charge on any atom is -0.343 e. The molecule has 1 aliphatic heterocycles. The van der Waals surface area contributed by atoms with Crippen molar-refractivity contribution in [3.63, 3.8) is 0 Å². The summed E-state index contributed by atoms with van der Waals surface area (Å²) in [6.45, 7) is 2.50. The molecule has 190 valence electrons. The average Bonchev–Trinajstić information content (AvgIpc) is 3.59. The van der Waals surface area contributed by atoms with Crippen LogP contribution >= 0.6 is 0 Å². The summed E-state index contributed by atoms with van der Waals surface area (Å²) in [6.07, 6.45) is 10.7. The fourth-order valence-electron chi connectivity index (χ4n) is 5.73. The Bertz CT molecular complexity index is 1220. The zero-order valence-corrected chi connectivity index (χ0v) is 21.2. The first-order valence-electron chi connectivity index (χ1n) is 13.2. The molecule has 2 aromatic heterocycles. The number of likely N-dealkylation sites (tertiary alicyclic amines) is 1. The van der Waals surface area contributed by atoms with Gasteiger partial charge >= 0.3 is 0 Å². The number of hydrogen-bond donors (Lipinski definition) is 2. The van der Waals surface area contributed by atoms with Crippen LogP contribution in [0.4, 0.5) is 0 Å². The second kappa shape index (κ2) is 10.8. The summed E-state index contributed by atoms with van der Waals surface area (Å²) >= 11 is 0. The van der Waals surface area contributed by atoms with Crippen molar-refractivity contribution in [2.75, 3.05) is 13.6 Å². The number of fused-ring (bicyclic) bond motifs is 1. The highest BCUT2D eigenvalue weighted by Crippen LogP contribution is 2.35. The lowest BCUT2D eigenvalue weighted by atomic mass is 9.83. The van der Waals surface area contributed by atoms with Crippen LogP contribution in [0.2, 0.25) is 0 Å². The summed E-state index contributed by atoms with van der Waals surface area (Å²) in [5.74, 6) is 0.863. The molecule has 5 rings (SSSR count). The third-order valence-corrected chi connectivity index (χ3v) is 7.91. The van der Waals surface area contributed by atoms with Gasteiger partial charge in [0.15, 0.2) is 0 Å². The molecule has 2 amide bonds. The van der Waals surface area contributed by atoms with E-state index in [2.05, 4.69) is 43.4 Å². The molecule has 1 aliphatic carbocycles. The fourth-order valence-corrected chi connectivity index (χ4v) is 5.73. The Hall–Kier alpha value is -3.26. The maximum atomic E-state index is 14.0. The lowest BCUT2D eigenvalue weighted by molar-refractivity contribution is -0.139. The van der Waals surface area contributed by atoms with Crippen LogP contribution in [0.5, 0.6) is 0 Å². The van der Waals surface area contributed by atoms with Crippen molar-refractivity contribution in [1.29, 1.82) is 0 Å². The highest BCUT2D eigenvalue weighted by molar-refractivity contribution is 5.90. The first kappa shape index (κ1) is 24.4. The average molecular weight is 489 g/mol. The Morgan fingerprint density at radius 2 is 1.83 bits per heavy atom. The van der Waals surface area contributed by atoms with E-state index in [1.165, 1.54) is 6.42 Å². The monoisotopic (exact) mass is 488 g/mol. The van der Waals surface area contributed by atoms with E-state index in [1.807, 2.05) is 36.2 Å². The van der Waals surface area contributed by atoms with Crippen molar-refractivity contribution in [3.05, 3.63) is 54.6 Å². The zero-order valence-electron chi connectivity index (χ0n) is 21.2. The molecule has 2 aliphatic rings. The Kier molecular flexibility index (Phi) is 7.32. The molecule has 1 saturated heterocycles. The van der Waals surface area contributed by atoms with Gasteiger partial charge in [-0.25, -0.2) is 9.97 Å². The van der Waals surface area contributed by atoms with E-state index in [-0.39, 0.29) is 29.8 Å². The molecule has 36 heavy (non-hydrogen) atoms. The molecule has 2 fully saturated rings. The standard InChI is InChI=1S/C28H36N6O2/c1-19(29-2)27(35)32-26(21-10-4-3-5-11-21)28(36)34-15-8-13-24(34)22-17-25(31-18-30-22)33-16-14-20-9-6-7-12-23(20)33/h6-7,9,12,14,16-19,21,24,26,29H,3-5,8,10-11,13,15H2,1-2H3,(H,32,35)/t19?,24-,26-/m0/s1. The molecule has 3 aromatic rings. The van der Waals surface area contributed by atoms with Crippen LogP contribution in [-0.4, -0.2) is 56.9 Å². The second-order valence-electron chi connectivity index (χ2n) is 10.1. The normalized spacial score (nSPS) is 20.4. The summed E-state index contributed by atoms with van der Waals surface area (Å²) in [5, 5.41) is 7.25. The number of likely N-dealkylation sites (N-methyl/N-ethyl adjacent to an activating group) is 1. The number of benzene rings is 1. The second-order valence-corrected chi connectivity index (χ2v) is 10.1. The third-order valence-electron chi connectivity index (χ3n) is 7.91. The van der Waals surface area contributed by atoms with E-state index in [0.29, 0.717) is 6.54 Å². The lowest BCUT2D eigenvalue weighted by Gasteiger charge is -2.35. The fraction of sp³-hybridized carbons (Fsp3) is 0.500. The molecule has 1 saturated carbocycles. The molecule has 0 spiro atoms. The van der Waals surface area contributed by atoms with Crippen LogP contribution in [0.3, 0.4) is 0 Å². The summed E-state index contributed by atoms with van der Waals surface area (Å²) < 4.78 is 2.06. The molecular formula is C28H36N6O2. The van der Waals surface area contributed by atoms with Gasteiger partial charge in [0.05, 0.1) is 23.3 Å². The maximum absolute atomic E-state index is 14.0. The molecule has 2 N–H and O–H groups in total. The highest BCUT2D eigenvalue weighted by Gasteiger charge is 2.39. The van der Waals surface area contributed by atoms with Crippen LogP contribution in [-0.2, 0) is 9.59 Å². The Morgan fingerprint density at radius 1 is 1.03 bits per heavy atom. The first-order valence-corrected chi connectivity index (χ1v) is 13.2. The van der Waals surface area contributed by atoms with Gasteiger partial charge in [-0.05, 0) is 63.1 Å². The van der Waals surface area contributed by atoms with E-state index in [4.69, 9.17) is 0 Å². The summed E-state index contributed by atoms with van der Waals surface area (Å²) in [7, 11) is 1.76. The predicted molar refractivity (Wildman–Crippen MR) is 140 cm³/mol. The molecular weight excluding hydrogens is 452 g/mol. The minimum atomic E-state index is -0.496. The van der Waals surface area contributed by atoms with Gasteiger partial charge in [-0.2, -0.15) is 0 Å². The Morgan fingerprint density at radius 3 is 2.64 bits per heavy atom. The third kappa shape index (κ3) is 4.87. The largest absolute Gasteiger partial charge is 0.343 e. The number of carbonyl (C=O) groups excluding carboxylic acids is 2. The van der Waals surface area contributed by atoms with Crippen LogP contribution < -0.4 is 10.6 Å². The summed E-state index contributed by atoms with van der Waals surface area (Å²) in [6, 6.07) is 11.3. The minimum absolute atomic E-state index is 0.0210. The van der Waals surface area contributed by atoms with Crippen molar-refractivity contribution in [2.45, 2.75) is 70.0 Å². The van der Waals surface area contributed by atoms with Gasteiger partial charge in [0.25, 0.3) is 0 Å². The highest BCUT2D eigenvalue weighted by atomic mass is 16.2. The molecule has 8 nitrogen and oxygen atoms in total. The number of nitrogens with zero attached hydrogens (tertiary/aromatic N) is 4. The predicted octanol–water partition coefficient (Wildman–Crippen LogP) is 3.76. The van der Waals surface area contributed by atoms with Crippen molar-refractivity contribution in [1.82, 2.24) is 30.1 Å². The molecule has 0 radical (unpaired) electrons. The van der Waals surface area contributed by atoms with Crippen molar-refractivity contribution in [3.8, 4) is 5.82 Å². The number of rotatable bonds is 7. The van der Waals surface area contributed by atoms with Crippen molar-refractivity contribution in [2.24, 2.45) is 5.92 Å². The van der Waals surface area contributed by atoms with Crippen LogP contribution in [0.1, 0.15) is 63.6 Å². The van der Waals surface area contributed by atoms with Crippen molar-refractivity contribution < 1.29 is 9.59 Å². The maximum Gasteiger partial charge on any atom is 0.246 e. The van der Waals surface area contributed by atoms with Crippen LogP contribution in [0.15, 0.2) is 48.9 Å². The summed E-state index contributed by atoms with van der Waals surface area (Å²) in [4.78, 5) is 37.9. The molecule has 1 aromatic carbocycles. The topological polar surface area (TPSA) is 92.2 Å². The van der Waals surface area contributed by atoms with Gasteiger partial charge in [-0.3, -0.25) is 9.59 Å². The van der Waals surface area contributed by atoms with Gasteiger partial charge in [0.2, 0.25) is 11.8 Å². The number of amides is 2. The van der Waals surface area contributed by atoms with Crippen molar-refractivity contribution >= 4 is 22.7 Å². The Balaban J connectivity index is 1.41. The van der Waals surface area contributed by atoms with Crippen LogP contribution in [0, 0.1) is 5.92 Å². The molecule has 3 heterocycles. The zero-order chi connectivity index (χ0) is 25.1.